The van der Waals surface area contributed by atoms with E-state index in [0.29, 0.717) is 17.9 Å². The van der Waals surface area contributed by atoms with Crippen molar-refractivity contribution >= 4 is 23.8 Å². The number of carbonyl (C=O) groups is 2. The molecule has 0 aliphatic carbocycles. The van der Waals surface area contributed by atoms with Crippen molar-refractivity contribution in [2.45, 2.75) is 54.2 Å². The first-order valence-electron chi connectivity index (χ1n) is 14.4. The molecule has 4 atom stereocenters. The van der Waals surface area contributed by atoms with Gasteiger partial charge in [-0.05, 0) is 60.2 Å². The van der Waals surface area contributed by atoms with Crippen molar-refractivity contribution in [3.63, 3.8) is 0 Å². The highest BCUT2D eigenvalue weighted by molar-refractivity contribution is 8.00. The third-order valence-electron chi connectivity index (χ3n) is 8.39. The van der Waals surface area contributed by atoms with Gasteiger partial charge >= 0.3 is 12.0 Å². The minimum Gasteiger partial charge on any atom is -0.497 e. The number of rotatable bonds is 14. The molecule has 3 aromatic carbocycles. The van der Waals surface area contributed by atoms with E-state index >= 15 is 0 Å². The Morgan fingerprint density at radius 1 is 0.953 bits per heavy atom. The van der Waals surface area contributed by atoms with Gasteiger partial charge in [0.1, 0.15) is 17.1 Å². The van der Waals surface area contributed by atoms with E-state index in [4.69, 9.17) is 14.2 Å². The summed E-state index contributed by atoms with van der Waals surface area (Å²) in [6.45, 7) is 3.92. The Balaban J connectivity index is 1.58. The topological polar surface area (TPSA) is 106 Å². The van der Waals surface area contributed by atoms with Crippen molar-refractivity contribution in [1.82, 2.24) is 10.6 Å². The maximum atomic E-state index is 13.4. The third-order valence-corrected chi connectivity index (χ3v) is 9.90. The lowest BCUT2D eigenvalue weighted by Gasteiger charge is -2.43. The highest BCUT2D eigenvalue weighted by atomic mass is 32.2. The average Bonchev–Trinajstić information content (AvgIpc) is 3.59. The van der Waals surface area contributed by atoms with Crippen LogP contribution in [0.2, 0.25) is 0 Å². The second-order valence-corrected chi connectivity index (χ2v) is 12.2. The Labute approximate surface area is 256 Å². The summed E-state index contributed by atoms with van der Waals surface area (Å²) >= 11 is 1.81. The number of carboxylic acids is 1. The molecule has 0 spiro atoms. The zero-order chi connectivity index (χ0) is 30.5. The number of ether oxygens (including phenoxy) is 3. The van der Waals surface area contributed by atoms with Crippen molar-refractivity contribution in [2.24, 2.45) is 0 Å². The largest absolute Gasteiger partial charge is 0.497 e. The van der Waals surface area contributed by atoms with Gasteiger partial charge in [0, 0.05) is 17.4 Å². The molecule has 2 fully saturated rings. The molecule has 3 aromatic rings. The maximum Gasteiger partial charge on any atom is 0.336 e. The Morgan fingerprint density at radius 3 is 2.07 bits per heavy atom. The highest BCUT2D eigenvalue weighted by Gasteiger charge is 2.50. The Bertz CT molecular complexity index is 1370. The predicted molar refractivity (Wildman–Crippen MR) is 168 cm³/mol. The van der Waals surface area contributed by atoms with Crippen LogP contribution in [0, 0.1) is 0 Å². The molecular weight excluding hydrogens is 564 g/mol. The molecule has 9 heteroatoms. The highest BCUT2D eigenvalue weighted by Crippen LogP contribution is 2.47. The fourth-order valence-electron chi connectivity index (χ4n) is 6.19. The van der Waals surface area contributed by atoms with E-state index in [1.54, 1.807) is 20.3 Å². The number of amides is 2. The molecular formula is C34H38N2O6S. The van der Waals surface area contributed by atoms with Gasteiger partial charge in [0.15, 0.2) is 5.60 Å². The summed E-state index contributed by atoms with van der Waals surface area (Å²) < 4.78 is 18.0. The monoisotopic (exact) mass is 602 g/mol. The quantitative estimate of drug-likeness (QED) is 0.123. The molecule has 226 valence electrons. The average molecular weight is 603 g/mol. The Kier molecular flexibility index (Phi) is 9.32. The summed E-state index contributed by atoms with van der Waals surface area (Å²) in [7, 11) is 3.22. The standard InChI is InChI=1S/C34H38N2O6S/c1-4-20-33(31(37)38,21-8-11-29-30-28(22-43-29)35-32(39)36-30)42-34(23-9-6-5-7-10-23,24-12-16-26(40-2)17-13-24)25-14-18-27(41-3)19-15-25/h4-7,9-10,12-19,28-30H,1,8,11,20-22H2,2-3H3,(H,37,38)(H2,35,36,39)/t28-,29-,30-,33?/m0/s1. The number of aliphatic carboxylic acids is 1. The predicted octanol–water partition coefficient (Wildman–Crippen LogP) is 5.75. The van der Waals surface area contributed by atoms with E-state index in [1.165, 1.54) is 0 Å². The minimum atomic E-state index is -1.60. The molecule has 2 aliphatic rings. The van der Waals surface area contributed by atoms with E-state index in [0.717, 1.165) is 28.9 Å². The number of carbonyl (C=O) groups excluding carboxylic acids is 1. The van der Waals surface area contributed by atoms with Crippen molar-refractivity contribution < 1.29 is 28.9 Å². The minimum absolute atomic E-state index is 0.0408. The van der Waals surface area contributed by atoms with Crippen molar-refractivity contribution in [1.29, 1.82) is 0 Å². The number of thioether (sulfide) groups is 1. The van der Waals surface area contributed by atoms with E-state index in [-0.39, 0.29) is 36.2 Å². The molecule has 0 saturated carbocycles. The molecule has 2 amide bonds. The van der Waals surface area contributed by atoms with E-state index < -0.39 is 17.2 Å². The third kappa shape index (κ3) is 6.10. The van der Waals surface area contributed by atoms with Crippen LogP contribution in [0.4, 0.5) is 4.79 Å². The van der Waals surface area contributed by atoms with Gasteiger partial charge in [-0.15, -0.1) is 6.58 Å². The number of nitrogens with one attached hydrogen (secondary N) is 2. The number of hydrogen-bond acceptors (Lipinski definition) is 6. The molecule has 0 aromatic heterocycles. The smallest absolute Gasteiger partial charge is 0.336 e. The number of methoxy groups -OCH3 is 2. The summed E-state index contributed by atoms with van der Waals surface area (Å²) in [5, 5.41) is 17.1. The second kappa shape index (κ2) is 13.1. The van der Waals surface area contributed by atoms with Crippen LogP contribution in [0.1, 0.15) is 42.4 Å². The van der Waals surface area contributed by atoms with Crippen LogP contribution >= 0.6 is 11.8 Å². The normalized spacial score (nSPS) is 20.8. The number of benzene rings is 3. The summed E-state index contributed by atoms with van der Waals surface area (Å²) in [5.41, 5.74) is -0.592. The van der Waals surface area contributed by atoms with E-state index in [2.05, 4.69) is 17.2 Å². The molecule has 8 nitrogen and oxygen atoms in total. The lowest BCUT2D eigenvalue weighted by Crippen LogP contribution is -2.49. The Hall–Kier alpha value is -3.95. The van der Waals surface area contributed by atoms with Gasteiger partial charge in [0.25, 0.3) is 0 Å². The first kappa shape index (κ1) is 30.5. The molecule has 0 radical (unpaired) electrons. The molecule has 2 heterocycles. The molecule has 2 aliphatic heterocycles. The van der Waals surface area contributed by atoms with Crippen LogP contribution in [0.15, 0.2) is 91.5 Å². The van der Waals surface area contributed by atoms with Crippen LogP contribution in [0.3, 0.4) is 0 Å². The lowest BCUT2D eigenvalue weighted by molar-refractivity contribution is -0.183. The fourth-order valence-corrected chi connectivity index (χ4v) is 7.74. The van der Waals surface area contributed by atoms with Gasteiger partial charge in [-0.1, -0.05) is 60.7 Å². The van der Waals surface area contributed by atoms with Gasteiger partial charge in [-0.3, -0.25) is 0 Å². The lowest BCUT2D eigenvalue weighted by atomic mass is 9.78. The fraction of sp³-hybridized carbons (Fsp3) is 0.353. The van der Waals surface area contributed by atoms with Crippen molar-refractivity contribution in [3.05, 3.63) is 108 Å². The first-order chi connectivity index (χ1) is 20.8. The molecule has 1 unspecified atom stereocenters. The van der Waals surface area contributed by atoms with Crippen LogP contribution in [0.5, 0.6) is 11.5 Å². The molecule has 3 N–H and O–H groups in total. The van der Waals surface area contributed by atoms with Crippen LogP contribution in [-0.4, -0.2) is 60.0 Å². The number of urea groups is 1. The van der Waals surface area contributed by atoms with Gasteiger partial charge in [0.05, 0.1) is 26.3 Å². The van der Waals surface area contributed by atoms with E-state index in [9.17, 15) is 14.7 Å². The van der Waals surface area contributed by atoms with Gasteiger partial charge < -0.3 is 30.0 Å². The molecule has 5 rings (SSSR count). The van der Waals surface area contributed by atoms with Crippen LogP contribution in [-0.2, 0) is 15.1 Å². The zero-order valence-corrected chi connectivity index (χ0v) is 25.3. The number of carboxylic acid groups (broad SMARTS) is 1. The first-order valence-corrected chi connectivity index (χ1v) is 15.5. The van der Waals surface area contributed by atoms with Crippen molar-refractivity contribution in [2.75, 3.05) is 20.0 Å². The van der Waals surface area contributed by atoms with Crippen LogP contribution < -0.4 is 20.1 Å². The Morgan fingerprint density at radius 2 is 1.53 bits per heavy atom. The molecule has 2 saturated heterocycles. The van der Waals surface area contributed by atoms with Crippen molar-refractivity contribution in [3.8, 4) is 11.5 Å². The summed E-state index contributed by atoms with van der Waals surface area (Å²) in [5.74, 6) is 1.14. The summed E-state index contributed by atoms with van der Waals surface area (Å²) in [4.78, 5) is 25.2. The van der Waals surface area contributed by atoms with Crippen LogP contribution in [0.25, 0.3) is 0 Å². The van der Waals surface area contributed by atoms with Gasteiger partial charge in [-0.25, -0.2) is 9.59 Å². The molecule has 0 bridgehead atoms. The van der Waals surface area contributed by atoms with Gasteiger partial charge in [0.2, 0.25) is 0 Å². The summed E-state index contributed by atoms with van der Waals surface area (Å²) in [6.07, 6.45) is 3.31. The molecule has 43 heavy (non-hydrogen) atoms. The zero-order valence-electron chi connectivity index (χ0n) is 24.5. The maximum absolute atomic E-state index is 13.4. The second-order valence-electron chi connectivity index (χ2n) is 10.9. The van der Waals surface area contributed by atoms with E-state index in [1.807, 2.05) is 90.6 Å². The SMILES string of the molecule is C=CCC(CCC[C@@H]1SC[C@@H]2NC(=O)N[C@@H]21)(OC(c1ccccc1)(c1ccc(OC)cc1)c1ccc(OC)cc1)C(=O)O. The number of fused-ring (bicyclic) bond motifs is 1. The van der Waals surface area contributed by atoms with Gasteiger partial charge in [-0.2, -0.15) is 11.8 Å². The summed E-state index contributed by atoms with van der Waals surface area (Å²) in [6, 6.07) is 24.8. The number of hydrogen-bond donors (Lipinski definition) is 3.